The van der Waals surface area contributed by atoms with Crippen LogP contribution in [0.2, 0.25) is 0 Å². The van der Waals surface area contributed by atoms with E-state index in [9.17, 15) is 0 Å². The summed E-state index contributed by atoms with van der Waals surface area (Å²) >= 11 is 8.02. The predicted molar refractivity (Wildman–Crippen MR) is 199 cm³/mol. The predicted octanol–water partition coefficient (Wildman–Crippen LogP) is 13.0. The number of rotatable bonds is 14. The second-order valence-corrected chi connectivity index (χ2v) is 18.3. The average molecular weight is 652 g/mol. The summed E-state index contributed by atoms with van der Waals surface area (Å²) in [5.41, 5.74) is 8.86. The molecule has 1 unspecified atom stereocenters. The first-order valence-electron chi connectivity index (χ1n) is 16.5. The molecule has 0 aliphatic carbocycles. The van der Waals surface area contributed by atoms with Crippen LogP contribution in [-0.4, -0.2) is 6.54 Å². The van der Waals surface area contributed by atoms with E-state index in [2.05, 4.69) is 102 Å². The van der Waals surface area contributed by atoms with Crippen molar-refractivity contribution in [2.75, 3.05) is 6.54 Å². The van der Waals surface area contributed by atoms with Crippen LogP contribution in [0, 0.1) is 17.3 Å². The molecule has 0 fully saturated rings. The van der Waals surface area contributed by atoms with Gasteiger partial charge in [-0.15, -0.1) is 45.8 Å². The van der Waals surface area contributed by atoms with Gasteiger partial charge in [-0.05, 0) is 86.1 Å². The fourth-order valence-corrected chi connectivity index (χ4v) is 10.3. The van der Waals surface area contributed by atoms with Crippen molar-refractivity contribution in [2.45, 2.75) is 130 Å². The maximum Gasteiger partial charge on any atom is 0.0778 e. The van der Waals surface area contributed by atoms with E-state index < -0.39 is 0 Å². The van der Waals surface area contributed by atoms with Crippen molar-refractivity contribution >= 4 is 45.8 Å². The maximum absolute atomic E-state index is 6.04. The Morgan fingerprint density at radius 3 is 2.23 bits per heavy atom. The van der Waals surface area contributed by atoms with Crippen molar-refractivity contribution in [1.82, 2.24) is 0 Å². The maximum atomic E-state index is 6.04. The SMILES string of the molecule is CCCCCCC1=CCC(c2cc(C#CC(C)(C)CN)sc2-c2sc(C(C)(C)C)cc2-c2ccc(CCCCCC)s2)S1. The first-order valence-corrected chi connectivity index (χ1v) is 19.8. The summed E-state index contributed by atoms with van der Waals surface area (Å²) in [5.74, 6) is 7.04. The second kappa shape index (κ2) is 15.8. The van der Waals surface area contributed by atoms with Crippen molar-refractivity contribution in [3.8, 4) is 32.0 Å². The summed E-state index contributed by atoms with van der Waals surface area (Å²) in [5, 5.41) is 0.469. The van der Waals surface area contributed by atoms with Crippen LogP contribution in [0.3, 0.4) is 0 Å². The van der Waals surface area contributed by atoms with Gasteiger partial charge in [-0.3, -0.25) is 0 Å². The minimum atomic E-state index is -0.183. The van der Waals surface area contributed by atoms with E-state index in [-0.39, 0.29) is 10.8 Å². The lowest BCUT2D eigenvalue weighted by Crippen LogP contribution is -2.21. The van der Waals surface area contributed by atoms with E-state index in [1.54, 1.807) is 4.91 Å². The number of hydrogen-bond donors (Lipinski definition) is 1. The Kier molecular flexibility index (Phi) is 12.7. The Morgan fingerprint density at radius 2 is 1.56 bits per heavy atom. The molecule has 0 amide bonds. The summed E-state index contributed by atoms with van der Waals surface area (Å²) in [6.45, 7) is 16.5. The molecule has 4 heterocycles. The van der Waals surface area contributed by atoms with Crippen molar-refractivity contribution in [1.29, 1.82) is 0 Å². The third kappa shape index (κ3) is 9.60. The fourth-order valence-electron chi connectivity index (χ4n) is 5.26. The van der Waals surface area contributed by atoms with Crippen LogP contribution in [0.1, 0.15) is 138 Å². The molecule has 2 N–H and O–H groups in total. The topological polar surface area (TPSA) is 26.0 Å². The van der Waals surface area contributed by atoms with Gasteiger partial charge < -0.3 is 5.73 Å². The summed E-state index contributed by atoms with van der Waals surface area (Å²) in [6.07, 6.45) is 16.6. The lowest BCUT2D eigenvalue weighted by atomic mass is 9.94. The summed E-state index contributed by atoms with van der Waals surface area (Å²) in [7, 11) is 0. The molecule has 0 saturated heterocycles. The minimum absolute atomic E-state index is 0.110. The number of thioether (sulfide) groups is 1. The van der Waals surface area contributed by atoms with Crippen molar-refractivity contribution in [3.05, 3.63) is 55.4 Å². The van der Waals surface area contributed by atoms with Crippen molar-refractivity contribution in [3.63, 3.8) is 0 Å². The molecule has 0 aromatic carbocycles. The number of aryl methyl sites for hydroxylation is 1. The number of thiophene rings is 3. The molecule has 43 heavy (non-hydrogen) atoms. The first-order chi connectivity index (χ1) is 20.5. The van der Waals surface area contributed by atoms with E-state index in [4.69, 9.17) is 5.73 Å². The number of nitrogens with two attached hydrogens (primary N) is 1. The zero-order chi connectivity index (χ0) is 31.0. The van der Waals surface area contributed by atoms with Crippen LogP contribution in [0.15, 0.2) is 35.2 Å². The Balaban J connectivity index is 1.72. The molecular weight excluding hydrogens is 599 g/mol. The Labute approximate surface area is 279 Å². The van der Waals surface area contributed by atoms with E-state index in [0.717, 1.165) is 6.42 Å². The highest BCUT2D eigenvalue weighted by atomic mass is 32.2. The number of hydrogen-bond acceptors (Lipinski definition) is 5. The third-order valence-electron chi connectivity index (χ3n) is 8.15. The molecule has 3 aromatic heterocycles. The van der Waals surface area contributed by atoms with Gasteiger partial charge in [0.25, 0.3) is 0 Å². The monoisotopic (exact) mass is 651 g/mol. The standard InChI is InChI=1S/C38H53NS4/c1-8-10-12-14-16-27-18-20-32(40-27)30-24-29(22-23-38(6,7)26-39)42-35(30)36-31(25-34(43-36)37(3,4)5)33-21-19-28(41-33)17-15-13-11-9-2/h18-19,21,24-25,32H,8-17,20,26,39H2,1-7H3. The zero-order valence-corrected chi connectivity index (χ0v) is 30.9. The molecule has 4 rings (SSSR count). The molecule has 1 nitrogen and oxygen atoms in total. The third-order valence-corrected chi connectivity index (χ3v) is 13.5. The summed E-state index contributed by atoms with van der Waals surface area (Å²) in [6, 6.07) is 9.68. The Bertz CT molecular complexity index is 1410. The molecular formula is C38H53NS4. The lowest BCUT2D eigenvalue weighted by Gasteiger charge is -2.15. The van der Waals surface area contributed by atoms with Gasteiger partial charge in [-0.2, -0.15) is 0 Å². The largest absolute Gasteiger partial charge is 0.329 e. The molecule has 1 aliphatic rings. The normalized spacial score (nSPS) is 15.5. The highest BCUT2D eigenvalue weighted by Crippen LogP contribution is 2.54. The minimum Gasteiger partial charge on any atom is -0.329 e. The molecule has 1 aliphatic heterocycles. The van der Waals surface area contributed by atoms with E-state index in [1.807, 2.05) is 34.0 Å². The Hall–Kier alpha value is -1.29. The molecule has 5 heteroatoms. The van der Waals surface area contributed by atoms with Gasteiger partial charge >= 0.3 is 0 Å². The number of unbranched alkanes of at least 4 members (excludes halogenated alkanes) is 6. The van der Waals surface area contributed by atoms with Gasteiger partial charge in [-0.25, -0.2) is 0 Å². The van der Waals surface area contributed by atoms with Gasteiger partial charge in [-0.1, -0.05) is 91.1 Å². The van der Waals surface area contributed by atoms with Crippen molar-refractivity contribution < 1.29 is 0 Å². The molecule has 0 bridgehead atoms. The van der Waals surface area contributed by atoms with Crippen LogP contribution in [0.25, 0.3) is 20.2 Å². The summed E-state index contributed by atoms with van der Waals surface area (Å²) in [4.78, 5) is 10.0. The van der Waals surface area contributed by atoms with Crippen LogP contribution in [0.4, 0.5) is 0 Å². The summed E-state index contributed by atoms with van der Waals surface area (Å²) < 4.78 is 0. The zero-order valence-electron chi connectivity index (χ0n) is 27.7. The van der Waals surface area contributed by atoms with Crippen LogP contribution < -0.4 is 5.73 Å². The highest BCUT2D eigenvalue weighted by Gasteiger charge is 2.29. The molecule has 0 spiro atoms. The average Bonchev–Trinajstić information content (AvgIpc) is 3.77. The highest BCUT2D eigenvalue weighted by molar-refractivity contribution is 8.03. The van der Waals surface area contributed by atoms with Gasteiger partial charge in [0, 0.05) is 37.4 Å². The van der Waals surface area contributed by atoms with E-state index >= 15 is 0 Å². The Morgan fingerprint density at radius 1 is 0.837 bits per heavy atom. The number of allylic oxidation sites excluding steroid dienone is 2. The van der Waals surface area contributed by atoms with Crippen molar-refractivity contribution in [2.24, 2.45) is 11.1 Å². The van der Waals surface area contributed by atoms with Gasteiger partial charge in [0.1, 0.15) is 0 Å². The molecule has 3 aromatic rings. The van der Waals surface area contributed by atoms with E-state index in [0.29, 0.717) is 11.8 Å². The van der Waals surface area contributed by atoms with Crippen LogP contribution >= 0.6 is 45.8 Å². The van der Waals surface area contributed by atoms with E-state index in [1.165, 1.54) is 105 Å². The molecule has 0 saturated carbocycles. The van der Waals surface area contributed by atoms with Crippen LogP contribution in [0.5, 0.6) is 0 Å². The van der Waals surface area contributed by atoms with Gasteiger partial charge in [0.05, 0.1) is 14.6 Å². The first kappa shape index (κ1) is 34.6. The molecule has 1 atom stereocenters. The fraction of sp³-hybridized carbons (Fsp3) is 0.579. The quantitative estimate of drug-likeness (QED) is 0.139. The second-order valence-electron chi connectivity index (χ2n) is 13.7. The van der Waals surface area contributed by atoms with Gasteiger partial charge in [0.2, 0.25) is 0 Å². The van der Waals surface area contributed by atoms with Crippen LogP contribution in [-0.2, 0) is 11.8 Å². The lowest BCUT2D eigenvalue weighted by molar-refractivity contribution is 0.519. The molecule has 234 valence electrons. The smallest absolute Gasteiger partial charge is 0.0778 e. The van der Waals surface area contributed by atoms with Gasteiger partial charge in [0.15, 0.2) is 0 Å². The molecule has 0 radical (unpaired) electrons.